The summed E-state index contributed by atoms with van der Waals surface area (Å²) in [6, 6.07) is 0. The van der Waals surface area contributed by atoms with Crippen LogP contribution in [0.3, 0.4) is 0 Å². The molecular weight excluding hydrogens is 128 g/mol. The van der Waals surface area contributed by atoms with Gasteiger partial charge in [-0.25, -0.2) is 0 Å². The monoisotopic (exact) mass is 136 g/mol. The van der Waals surface area contributed by atoms with Crippen molar-refractivity contribution in [2.75, 3.05) is 0 Å². The highest BCUT2D eigenvalue weighted by Gasteiger charge is 2.17. The van der Waals surface area contributed by atoms with Crippen LogP contribution in [0.1, 0.15) is 0 Å². The quantitative estimate of drug-likeness (QED) is 0.536. The molecule has 52 valence electrons. The average Bonchev–Trinajstić information content (AvgIpc) is 1.96. The number of ketones is 1. The van der Waals surface area contributed by atoms with Gasteiger partial charge in [-0.3, -0.25) is 4.79 Å². The van der Waals surface area contributed by atoms with Gasteiger partial charge in [0.25, 0.3) is 0 Å². The Morgan fingerprint density at radius 2 is 2.00 bits per heavy atom. The fourth-order valence-corrected chi connectivity index (χ4v) is 0.678. The fourth-order valence-electron chi connectivity index (χ4n) is 0.678. The minimum absolute atomic E-state index is 0.105. The SMILES string of the molecule is C=CC1(O)C=CC(=O)C=C1. The number of allylic oxidation sites excluding steroid dienone is 2. The molecule has 0 aromatic carbocycles. The van der Waals surface area contributed by atoms with Gasteiger partial charge in [0, 0.05) is 0 Å². The van der Waals surface area contributed by atoms with E-state index in [1.165, 1.54) is 30.4 Å². The summed E-state index contributed by atoms with van der Waals surface area (Å²) in [6.07, 6.45) is 6.82. The van der Waals surface area contributed by atoms with Crippen molar-refractivity contribution >= 4 is 5.78 Å². The smallest absolute Gasteiger partial charge is 0.178 e. The minimum Gasteiger partial charge on any atom is -0.378 e. The Morgan fingerprint density at radius 3 is 2.40 bits per heavy atom. The second-order valence-corrected chi connectivity index (χ2v) is 2.16. The summed E-state index contributed by atoms with van der Waals surface area (Å²) in [5.74, 6) is -0.105. The highest BCUT2D eigenvalue weighted by molar-refractivity contribution is 6.00. The summed E-state index contributed by atoms with van der Waals surface area (Å²) in [5.41, 5.74) is -1.12. The van der Waals surface area contributed by atoms with E-state index >= 15 is 0 Å². The van der Waals surface area contributed by atoms with E-state index in [4.69, 9.17) is 0 Å². The van der Waals surface area contributed by atoms with Crippen LogP contribution >= 0.6 is 0 Å². The molecule has 2 nitrogen and oxygen atoms in total. The van der Waals surface area contributed by atoms with Crippen LogP contribution in [0.15, 0.2) is 37.0 Å². The molecule has 1 rings (SSSR count). The van der Waals surface area contributed by atoms with Crippen LogP contribution in [0.4, 0.5) is 0 Å². The molecule has 0 saturated carbocycles. The maximum atomic E-state index is 10.5. The topological polar surface area (TPSA) is 37.3 Å². The molecule has 0 aliphatic heterocycles. The maximum Gasteiger partial charge on any atom is 0.178 e. The van der Waals surface area contributed by atoms with Crippen molar-refractivity contribution in [1.82, 2.24) is 0 Å². The Labute approximate surface area is 59.2 Å². The third-order valence-electron chi connectivity index (χ3n) is 1.36. The van der Waals surface area contributed by atoms with Crippen molar-refractivity contribution in [2.24, 2.45) is 0 Å². The van der Waals surface area contributed by atoms with Crippen molar-refractivity contribution in [3.05, 3.63) is 37.0 Å². The van der Waals surface area contributed by atoms with E-state index in [9.17, 15) is 9.90 Å². The maximum absolute atomic E-state index is 10.5. The van der Waals surface area contributed by atoms with Crippen molar-refractivity contribution in [3.63, 3.8) is 0 Å². The first kappa shape index (κ1) is 6.96. The summed E-state index contributed by atoms with van der Waals surface area (Å²) < 4.78 is 0. The second-order valence-electron chi connectivity index (χ2n) is 2.16. The van der Waals surface area contributed by atoms with Gasteiger partial charge >= 0.3 is 0 Å². The third-order valence-corrected chi connectivity index (χ3v) is 1.36. The van der Waals surface area contributed by atoms with E-state index in [2.05, 4.69) is 6.58 Å². The molecule has 0 aromatic rings. The van der Waals surface area contributed by atoms with E-state index in [0.29, 0.717) is 0 Å². The number of hydrogen-bond acceptors (Lipinski definition) is 2. The van der Waals surface area contributed by atoms with Gasteiger partial charge in [-0.1, -0.05) is 12.7 Å². The fraction of sp³-hybridized carbons (Fsp3) is 0.125. The van der Waals surface area contributed by atoms with Crippen LogP contribution in [0.5, 0.6) is 0 Å². The highest BCUT2D eigenvalue weighted by atomic mass is 16.3. The lowest BCUT2D eigenvalue weighted by atomic mass is 9.98. The van der Waals surface area contributed by atoms with E-state index < -0.39 is 5.60 Å². The first-order valence-corrected chi connectivity index (χ1v) is 2.95. The molecule has 10 heavy (non-hydrogen) atoms. The van der Waals surface area contributed by atoms with Crippen LogP contribution < -0.4 is 0 Å². The number of aliphatic hydroxyl groups is 1. The van der Waals surface area contributed by atoms with Crippen molar-refractivity contribution in [2.45, 2.75) is 5.60 Å². The normalized spacial score (nSPS) is 21.1. The molecule has 2 heteroatoms. The van der Waals surface area contributed by atoms with E-state index in [0.717, 1.165) is 0 Å². The van der Waals surface area contributed by atoms with Crippen LogP contribution in [0, 0.1) is 0 Å². The molecule has 1 aliphatic rings. The predicted molar refractivity (Wildman–Crippen MR) is 38.4 cm³/mol. The van der Waals surface area contributed by atoms with Gasteiger partial charge in [0.2, 0.25) is 0 Å². The minimum atomic E-state index is -1.12. The lowest BCUT2D eigenvalue weighted by Crippen LogP contribution is -2.21. The van der Waals surface area contributed by atoms with Gasteiger partial charge in [-0.05, 0) is 24.3 Å². The predicted octanol–water partition coefficient (Wildman–Crippen LogP) is 0.599. The highest BCUT2D eigenvalue weighted by Crippen LogP contribution is 2.13. The van der Waals surface area contributed by atoms with Gasteiger partial charge in [-0.15, -0.1) is 0 Å². The van der Waals surface area contributed by atoms with Gasteiger partial charge in [0.05, 0.1) is 0 Å². The molecule has 0 heterocycles. The average molecular weight is 136 g/mol. The van der Waals surface area contributed by atoms with Gasteiger partial charge in [0.1, 0.15) is 5.60 Å². The molecule has 0 bridgehead atoms. The summed E-state index contributed by atoms with van der Waals surface area (Å²) >= 11 is 0. The molecule has 0 fully saturated rings. The van der Waals surface area contributed by atoms with E-state index in [-0.39, 0.29) is 5.78 Å². The van der Waals surface area contributed by atoms with Gasteiger partial charge in [0.15, 0.2) is 5.78 Å². The second kappa shape index (κ2) is 2.23. The summed E-state index contributed by atoms with van der Waals surface area (Å²) in [7, 11) is 0. The van der Waals surface area contributed by atoms with Crippen LogP contribution in [0.2, 0.25) is 0 Å². The molecule has 0 amide bonds. The number of rotatable bonds is 1. The Hall–Kier alpha value is -1.15. The first-order chi connectivity index (χ1) is 4.66. The summed E-state index contributed by atoms with van der Waals surface area (Å²) in [6.45, 7) is 3.42. The third kappa shape index (κ3) is 1.22. The lowest BCUT2D eigenvalue weighted by Gasteiger charge is -2.16. The summed E-state index contributed by atoms with van der Waals surface area (Å²) in [5, 5.41) is 9.35. The Balaban J connectivity index is 2.88. The summed E-state index contributed by atoms with van der Waals surface area (Å²) in [4.78, 5) is 10.5. The molecular formula is C8H8O2. The number of hydrogen-bond donors (Lipinski definition) is 1. The first-order valence-electron chi connectivity index (χ1n) is 2.95. The molecule has 0 saturated heterocycles. The molecule has 0 radical (unpaired) electrons. The van der Waals surface area contributed by atoms with E-state index in [1.807, 2.05) is 0 Å². The molecule has 0 aromatic heterocycles. The molecule has 1 aliphatic carbocycles. The zero-order valence-corrected chi connectivity index (χ0v) is 5.45. The molecule has 1 N–H and O–H groups in total. The Kier molecular flexibility index (Phi) is 1.55. The van der Waals surface area contributed by atoms with Crippen molar-refractivity contribution < 1.29 is 9.90 Å². The van der Waals surface area contributed by atoms with Gasteiger partial charge < -0.3 is 5.11 Å². The van der Waals surface area contributed by atoms with Gasteiger partial charge in [-0.2, -0.15) is 0 Å². The Bertz CT molecular complexity index is 207. The number of carbonyl (C=O) groups excluding carboxylic acids is 1. The van der Waals surface area contributed by atoms with Crippen LogP contribution in [0.25, 0.3) is 0 Å². The molecule has 0 spiro atoms. The zero-order valence-electron chi connectivity index (χ0n) is 5.45. The standard InChI is InChI=1S/C8H8O2/c1-2-8(10)5-3-7(9)4-6-8/h2-6,10H,1H2. The van der Waals surface area contributed by atoms with Crippen molar-refractivity contribution in [1.29, 1.82) is 0 Å². The van der Waals surface area contributed by atoms with Crippen LogP contribution in [-0.4, -0.2) is 16.5 Å². The number of carbonyl (C=O) groups is 1. The molecule has 0 unspecified atom stereocenters. The largest absolute Gasteiger partial charge is 0.378 e. The lowest BCUT2D eigenvalue weighted by molar-refractivity contribution is -0.110. The Morgan fingerprint density at radius 1 is 1.50 bits per heavy atom. The van der Waals surface area contributed by atoms with Crippen molar-refractivity contribution in [3.8, 4) is 0 Å². The van der Waals surface area contributed by atoms with E-state index in [1.54, 1.807) is 0 Å². The van der Waals surface area contributed by atoms with Crippen LogP contribution in [-0.2, 0) is 4.79 Å². The zero-order chi connectivity index (χ0) is 7.61. The molecule has 0 atom stereocenters.